The van der Waals surface area contributed by atoms with Gasteiger partial charge in [-0.05, 0) is 38.1 Å². The number of hydrogen-bond acceptors (Lipinski definition) is 2. The Morgan fingerprint density at radius 3 is 2.44 bits per heavy atom. The van der Waals surface area contributed by atoms with E-state index >= 15 is 0 Å². The number of piperidine rings is 1. The van der Waals surface area contributed by atoms with Crippen LogP contribution < -0.4 is 5.73 Å². The van der Waals surface area contributed by atoms with Gasteiger partial charge in [-0.3, -0.25) is 4.79 Å². The van der Waals surface area contributed by atoms with E-state index in [2.05, 4.69) is 0 Å². The first-order valence-corrected chi connectivity index (χ1v) is 6.88. The van der Waals surface area contributed by atoms with Crippen LogP contribution in [0.5, 0.6) is 0 Å². The minimum atomic E-state index is -2.63. The van der Waals surface area contributed by atoms with E-state index in [1.54, 1.807) is 4.90 Å². The zero-order valence-corrected chi connectivity index (χ0v) is 10.7. The summed E-state index contributed by atoms with van der Waals surface area (Å²) in [6.45, 7) is 2.12. The number of likely N-dealkylation sites (tertiary alicyclic amines) is 1. The fraction of sp³-hybridized carbons (Fsp3) is 0.923. The largest absolute Gasteiger partial charge is 0.342 e. The van der Waals surface area contributed by atoms with E-state index in [1.165, 1.54) is 0 Å². The number of nitrogens with two attached hydrogens (primary N) is 1. The van der Waals surface area contributed by atoms with Gasteiger partial charge in [0, 0.05) is 31.8 Å². The SMILES string of the molecule is NCCC1CCN(C(=O)C2CCC(F)(F)C2)CC1. The number of carbonyl (C=O) groups is 1. The van der Waals surface area contributed by atoms with E-state index in [9.17, 15) is 13.6 Å². The average Bonchev–Trinajstić information content (AvgIpc) is 2.70. The first kappa shape index (κ1) is 13.7. The maximum absolute atomic E-state index is 13.1. The molecule has 1 heterocycles. The van der Waals surface area contributed by atoms with E-state index in [4.69, 9.17) is 5.73 Å². The molecule has 2 N–H and O–H groups in total. The van der Waals surface area contributed by atoms with Gasteiger partial charge in [-0.25, -0.2) is 8.78 Å². The molecule has 0 aromatic rings. The van der Waals surface area contributed by atoms with Gasteiger partial charge in [0.25, 0.3) is 0 Å². The molecule has 1 aliphatic heterocycles. The molecule has 5 heteroatoms. The fourth-order valence-corrected chi connectivity index (χ4v) is 3.10. The molecule has 2 fully saturated rings. The van der Waals surface area contributed by atoms with E-state index in [1.807, 2.05) is 0 Å². The monoisotopic (exact) mass is 260 g/mol. The van der Waals surface area contributed by atoms with Crippen molar-refractivity contribution in [3.8, 4) is 0 Å². The second kappa shape index (κ2) is 5.51. The van der Waals surface area contributed by atoms with Crippen LogP contribution in [0.25, 0.3) is 0 Å². The van der Waals surface area contributed by atoms with Crippen LogP contribution >= 0.6 is 0 Å². The highest BCUT2D eigenvalue weighted by atomic mass is 19.3. The predicted octanol–water partition coefficient (Wildman–Crippen LogP) is 2.01. The Morgan fingerprint density at radius 1 is 1.28 bits per heavy atom. The molecule has 2 aliphatic rings. The second-order valence-corrected chi connectivity index (χ2v) is 5.64. The topological polar surface area (TPSA) is 46.3 Å². The smallest absolute Gasteiger partial charge is 0.248 e. The molecule has 2 rings (SSSR count). The highest BCUT2D eigenvalue weighted by molar-refractivity contribution is 5.79. The van der Waals surface area contributed by atoms with Gasteiger partial charge in [-0.15, -0.1) is 0 Å². The summed E-state index contributed by atoms with van der Waals surface area (Å²) in [5, 5.41) is 0. The fourth-order valence-electron chi connectivity index (χ4n) is 3.10. The van der Waals surface area contributed by atoms with Gasteiger partial charge in [0.2, 0.25) is 11.8 Å². The van der Waals surface area contributed by atoms with Gasteiger partial charge in [-0.1, -0.05) is 0 Å². The third-order valence-corrected chi connectivity index (χ3v) is 4.25. The summed E-state index contributed by atoms with van der Waals surface area (Å²) >= 11 is 0. The Balaban J connectivity index is 1.81. The molecule has 1 saturated heterocycles. The van der Waals surface area contributed by atoms with Gasteiger partial charge in [0.1, 0.15) is 0 Å². The molecule has 0 radical (unpaired) electrons. The van der Waals surface area contributed by atoms with Crippen LogP contribution in [0.2, 0.25) is 0 Å². The number of hydrogen-bond donors (Lipinski definition) is 1. The number of nitrogens with zero attached hydrogens (tertiary/aromatic N) is 1. The summed E-state index contributed by atoms with van der Waals surface area (Å²) in [4.78, 5) is 13.9. The molecule has 0 aromatic heterocycles. The minimum absolute atomic E-state index is 0.0571. The van der Waals surface area contributed by atoms with Gasteiger partial charge in [0.05, 0.1) is 0 Å². The first-order valence-electron chi connectivity index (χ1n) is 6.88. The van der Waals surface area contributed by atoms with E-state index in [0.717, 1.165) is 19.3 Å². The summed E-state index contributed by atoms with van der Waals surface area (Å²) in [6, 6.07) is 0. The average molecular weight is 260 g/mol. The van der Waals surface area contributed by atoms with E-state index in [0.29, 0.717) is 32.0 Å². The van der Waals surface area contributed by atoms with Crippen molar-refractivity contribution < 1.29 is 13.6 Å². The molecular weight excluding hydrogens is 238 g/mol. The van der Waals surface area contributed by atoms with Crippen molar-refractivity contribution in [3.63, 3.8) is 0 Å². The molecule has 1 amide bonds. The normalized spacial score (nSPS) is 28.6. The number of amides is 1. The molecule has 0 bridgehead atoms. The van der Waals surface area contributed by atoms with Gasteiger partial charge in [0.15, 0.2) is 0 Å². The van der Waals surface area contributed by atoms with Crippen molar-refractivity contribution in [1.29, 1.82) is 0 Å². The highest BCUT2D eigenvalue weighted by Gasteiger charge is 2.43. The van der Waals surface area contributed by atoms with Crippen molar-refractivity contribution >= 4 is 5.91 Å². The number of carbonyl (C=O) groups excluding carboxylic acids is 1. The number of alkyl halides is 2. The molecule has 0 aromatic carbocycles. The molecule has 18 heavy (non-hydrogen) atoms. The second-order valence-electron chi connectivity index (χ2n) is 5.64. The lowest BCUT2D eigenvalue weighted by Gasteiger charge is -2.33. The van der Waals surface area contributed by atoms with Crippen LogP contribution in [0.3, 0.4) is 0 Å². The predicted molar refractivity (Wildman–Crippen MR) is 65.3 cm³/mol. The Morgan fingerprint density at radius 2 is 1.94 bits per heavy atom. The van der Waals surface area contributed by atoms with Crippen LogP contribution in [0, 0.1) is 11.8 Å². The van der Waals surface area contributed by atoms with Gasteiger partial charge >= 0.3 is 0 Å². The summed E-state index contributed by atoms with van der Waals surface area (Å²) in [6.07, 6.45) is 2.89. The zero-order valence-electron chi connectivity index (χ0n) is 10.7. The molecule has 1 atom stereocenters. The van der Waals surface area contributed by atoms with Crippen LogP contribution in [-0.4, -0.2) is 36.4 Å². The van der Waals surface area contributed by atoms with Crippen LogP contribution in [0.1, 0.15) is 38.5 Å². The Hall–Kier alpha value is -0.710. The molecule has 104 valence electrons. The third-order valence-electron chi connectivity index (χ3n) is 4.25. The molecule has 1 aliphatic carbocycles. The molecular formula is C13H22F2N2O. The van der Waals surface area contributed by atoms with Crippen LogP contribution in [0.4, 0.5) is 8.78 Å². The Bertz CT molecular complexity index is 301. The highest BCUT2D eigenvalue weighted by Crippen LogP contribution is 2.40. The van der Waals surface area contributed by atoms with Crippen LogP contribution in [-0.2, 0) is 4.79 Å². The zero-order chi connectivity index (χ0) is 13.2. The summed E-state index contributed by atoms with van der Waals surface area (Å²) in [7, 11) is 0. The maximum Gasteiger partial charge on any atom is 0.248 e. The van der Waals surface area contributed by atoms with Crippen molar-refractivity contribution in [2.24, 2.45) is 17.6 Å². The lowest BCUT2D eigenvalue weighted by Crippen LogP contribution is -2.41. The van der Waals surface area contributed by atoms with Crippen LogP contribution in [0.15, 0.2) is 0 Å². The first-order chi connectivity index (χ1) is 8.52. The lowest BCUT2D eigenvalue weighted by atomic mass is 9.92. The molecule has 0 spiro atoms. The molecule has 3 nitrogen and oxygen atoms in total. The van der Waals surface area contributed by atoms with Gasteiger partial charge in [-0.2, -0.15) is 0 Å². The standard InChI is InChI=1S/C13H22F2N2O/c14-13(15)5-1-11(9-13)12(18)17-7-3-10(2-6-16)4-8-17/h10-11H,1-9,16H2. The van der Waals surface area contributed by atoms with Gasteiger partial charge < -0.3 is 10.6 Å². The quantitative estimate of drug-likeness (QED) is 0.843. The van der Waals surface area contributed by atoms with Crippen molar-refractivity contribution in [2.75, 3.05) is 19.6 Å². The van der Waals surface area contributed by atoms with E-state index < -0.39 is 11.8 Å². The van der Waals surface area contributed by atoms with Crippen molar-refractivity contribution in [3.05, 3.63) is 0 Å². The molecule has 1 unspecified atom stereocenters. The summed E-state index contributed by atoms with van der Waals surface area (Å²) in [5.74, 6) is -2.54. The summed E-state index contributed by atoms with van der Waals surface area (Å²) < 4.78 is 26.2. The third kappa shape index (κ3) is 3.19. The van der Waals surface area contributed by atoms with Crippen molar-refractivity contribution in [1.82, 2.24) is 4.90 Å². The Kier molecular flexibility index (Phi) is 4.20. The lowest BCUT2D eigenvalue weighted by molar-refractivity contribution is -0.137. The van der Waals surface area contributed by atoms with E-state index in [-0.39, 0.29) is 18.7 Å². The Labute approximate surface area is 107 Å². The molecule has 1 saturated carbocycles. The maximum atomic E-state index is 13.1. The summed E-state index contributed by atoms with van der Waals surface area (Å²) in [5.41, 5.74) is 5.52. The number of rotatable bonds is 3. The number of halogens is 2. The minimum Gasteiger partial charge on any atom is -0.342 e. The van der Waals surface area contributed by atoms with Crippen molar-refractivity contribution in [2.45, 2.75) is 44.4 Å².